The third-order valence-electron chi connectivity index (χ3n) is 4.26. The molecule has 9 nitrogen and oxygen atoms in total. The molecule has 1 heterocycles. The molecule has 2 N–H and O–H groups in total. The Kier molecular flexibility index (Phi) is 9.34. The van der Waals surface area contributed by atoms with E-state index in [1.807, 2.05) is 19.0 Å². The van der Waals surface area contributed by atoms with Gasteiger partial charge in [0, 0.05) is 19.5 Å². The molecule has 2 aromatic rings. The number of aryl methyl sites for hydroxylation is 1. The molecule has 30 heavy (non-hydrogen) atoms. The van der Waals surface area contributed by atoms with E-state index in [-0.39, 0.29) is 17.9 Å². The van der Waals surface area contributed by atoms with Crippen LogP contribution in [0.25, 0.3) is 0 Å². The lowest BCUT2D eigenvalue weighted by Gasteiger charge is -2.10. The summed E-state index contributed by atoms with van der Waals surface area (Å²) in [6.07, 6.45) is 1.58. The van der Waals surface area contributed by atoms with Crippen molar-refractivity contribution in [2.75, 3.05) is 32.9 Å². The lowest BCUT2D eigenvalue weighted by atomic mass is 10.0. The number of oxime groups is 1. The molecule has 0 aliphatic heterocycles. The number of unbranched alkanes of at least 4 members (excludes halogenated alkanes) is 1. The quantitative estimate of drug-likeness (QED) is 0.196. The summed E-state index contributed by atoms with van der Waals surface area (Å²) in [5.74, 6) is -0.387. The number of halogens is 2. The third kappa shape index (κ3) is 7.74. The van der Waals surface area contributed by atoms with Crippen LogP contribution in [0.3, 0.4) is 0 Å². The monoisotopic (exact) mass is 505 g/mol. The molecule has 0 amide bonds. The van der Waals surface area contributed by atoms with Gasteiger partial charge in [0.25, 0.3) is 0 Å². The van der Waals surface area contributed by atoms with E-state index < -0.39 is 15.8 Å². The molecule has 0 saturated carbocycles. The van der Waals surface area contributed by atoms with E-state index in [2.05, 4.69) is 36.1 Å². The van der Waals surface area contributed by atoms with E-state index in [0.717, 1.165) is 0 Å². The second-order valence-corrected chi connectivity index (χ2v) is 9.79. The Bertz CT molecular complexity index is 965. The van der Waals surface area contributed by atoms with Gasteiger partial charge in [0.05, 0.1) is 10.2 Å². The number of aromatic nitrogens is 2. The number of likely N-dealkylation sites (N-methyl/N-ethyl adjacent to an activating group) is 1. The van der Waals surface area contributed by atoms with Gasteiger partial charge in [-0.2, -0.15) is 0 Å². The fourth-order valence-corrected chi connectivity index (χ4v) is 4.24. The molecule has 0 saturated heterocycles. The number of nitrogens with zero attached hydrogens (tertiary/aromatic N) is 4. The molecule has 0 fully saturated rings. The molecule has 1 aromatic heterocycles. The van der Waals surface area contributed by atoms with Crippen LogP contribution in [0.2, 0.25) is 0 Å². The Morgan fingerprint density at radius 2 is 2.10 bits per heavy atom. The maximum absolute atomic E-state index is 13.4. The predicted molar refractivity (Wildman–Crippen MR) is 114 cm³/mol. The van der Waals surface area contributed by atoms with E-state index in [4.69, 9.17) is 4.63 Å². The van der Waals surface area contributed by atoms with Crippen molar-refractivity contribution < 1.29 is 22.6 Å². The highest BCUT2D eigenvalue weighted by atomic mass is 79.9. The van der Waals surface area contributed by atoms with Crippen LogP contribution >= 0.6 is 15.9 Å². The van der Waals surface area contributed by atoms with Crippen molar-refractivity contribution in [3.63, 3.8) is 0 Å². The van der Waals surface area contributed by atoms with Gasteiger partial charge in [-0.25, -0.2) is 22.2 Å². The highest BCUT2D eigenvalue weighted by molar-refractivity contribution is 9.10. The first-order valence-electron chi connectivity index (χ1n) is 9.30. The predicted octanol–water partition coefficient (Wildman–Crippen LogP) is 2.20. The van der Waals surface area contributed by atoms with Gasteiger partial charge >= 0.3 is 0 Å². The van der Waals surface area contributed by atoms with Crippen LogP contribution in [0.5, 0.6) is 0 Å². The van der Waals surface area contributed by atoms with Crippen molar-refractivity contribution >= 4 is 31.7 Å². The Balaban J connectivity index is 1.90. The molecule has 2 rings (SSSR count). The van der Waals surface area contributed by atoms with E-state index in [1.54, 1.807) is 12.1 Å². The van der Waals surface area contributed by atoms with E-state index in [1.165, 1.54) is 6.07 Å². The molecule has 1 aromatic carbocycles. The number of benzene rings is 1. The van der Waals surface area contributed by atoms with Crippen LogP contribution in [0.1, 0.15) is 29.8 Å². The SMILES string of the molecule is CN(C)CCNS(=O)(=O)CCCCc1nonc1/C(Cc1ccc(F)c(Br)c1)=N/O. The number of hydrogen-bond acceptors (Lipinski definition) is 8. The molecule has 0 radical (unpaired) electrons. The van der Waals surface area contributed by atoms with Gasteiger partial charge in [-0.15, -0.1) is 0 Å². The molecule has 0 atom stereocenters. The number of hydrogen-bond donors (Lipinski definition) is 2. The van der Waals surface area contributed by atoms with Gasteiger partial charge in [0.15, 0.2) is 5.69 Å². The van der Waals surface area contributed by atoms with Gasteiger partial charge in [0.2, 0.25) is 10.0 Å². The molecule has 12 heteroatoms. The van der Waals surface area contributed by atoms with Crippen molar-refractivity contribution in [1.29, 1.82) is 0 Å². The van der Waals surface area contributed by atoms with Gasteiger partial charge in [-0.1, -0.05) is 16.4 Å². The minimum Gasteiger partial charge on any atom is -0.411 e. The second-order valence-electron chi connectivity index (χ2n) is 7.01. The lowest BCUT2D eigenvalue weighted by Crippen LogP contribution is -2.32. The molecule has 0 unspecified atom stereocenters. The zero-order valence-electron chi connectivity index (χ0n) is 16.8. The average molecular weight is 506 g/mol. The second kappa shape index (κ2) is 11.5. The summed E-state index contributed by atoms with van der Waals surface area (Å²) in [5, 5.41) is 20.4. The summed E-state index contributed by atoms with van der Waals surface area (Å²) in [6, 6.07) is 4.47. The average Bonchev–Trinajstić information content (AvgIpc) is 3.14. The largest absolute Gasteiger partial charge is 0.411 e. The Hall–Kier alpha value is -1.89. The summed E-state index contributed by atoms with van der Waals surface area (Å²) >= 11 is 3.12. The maximum atomic E-state index is 13.4. The van der Waals surface area contributed by atoms with Crippen molar-refractivity contribution in [1.82, 2.24) is 19.9 Å². The van der Waals surface area contributed by atoms with Crippen molar-refractivity contribution in [2.45, 2.75) is 25.7 Å². The highest BCUT2D eigenvalue weighted by Gasteiger charge is 2.18. The first-order valence-corrected chi connectivity index (χ1v) is 11.7. The highest BCUT2D eigenvalue weighted by Crippen LogP contribution is 2.19. The Morgan fingerprint density at radius 3 is 2.77 bits per heavy atom. The smallest absolute Gasteiger partial charge is 0.211 e. The number of rotatable bonds is 12. The third-order valence-corrected chi connectivity index (χ3v) is 6.34. The van der Waals surface area contributed by atoms with Crippen molar-refractivity contribution in [3.05, 3.63) is 45.4 Å². The minimum absolute atomic E-state index is 0.00555. The van der Waals surface area contributed by atoms with E-state index in [0.29, 0.717) is 53.8 Å². The van der Waals surface area contributed by atoms with Crippen molar-refractivity contribution in [2.24, 2.45) is 5.16 Å². The summed E-state index contributed by atoms with van der Waals surface area (Å²) in [5.41, 5.74) is 1.70. The lowest BCUT2D eigenvalue weighted by molar-refractivity contribution is 0.300. The Labute approximate surface area is 183 Å². The normalized spacial score (nSPS) is 12.6. The summed E-state index contributed by atoms with van der Waals surface area (Å²) in [6.45, 7) is 0.990. The number of sulfonamides is 1. The van der Waals surface area contributed by atoms with Crippen LogP contribution in [0.15, 0.2) is 32.5 Å². The maximum Gasteiger partial charge on any atom is 0.211 e. The van der Waals surface area contributed by atoms with Crippen LogP contribution in [0, 0.1) is 5.82 Å². The fourth-order valence-electron chi connectivity index (χ4n) is 2.68. The first kappa shape index (κ1) is 24.4. The molecule has 0 aliphatic carbocycles. The first-order chi connectivity index (χ1) is 14.2. The molecule has 166 valence electrons. The van der Waals surface area contributed by atoms with Gasteiger partial charge in [-0.3, -0.25) is 0 Å². The standard InChI is InChI=1S/C18H25BrFN5O4S/c1-25(2)9-8-21-30(27,28)10-4-3-5-16-18(24-29-23-16)17(22-26)12-13-6-7-15(20)14(19)11-13/h6-7,11,21,26H,3-5,8-10,12H2,1-2H3/b22-17+. The van der Waals surface area contributed by atoms with E-state index >= 15 is 0 Å². The van der Waals surface area contributed by atoms with Gasteiger partial charge < -0.3 is 10.1 Å². The zero-order chi connectivity index (χ0) is 22.1. The zero-order valence-corrected chi connectivity index (χ0v) is 19.2. The van der Waals surface area contributed by atoms with Crippen LogP contribution < -0.4 is 4.72 Å². The topological polar surface area (TPSA) is 121 Å². The van der Waals surface area contributed by atoms with Crippen LogP contribution in [0.4, 0.5) is 4.39 Å². The summed E-state index contributed by atoms with van der Waals surface area (Å²) < 4.78 is 45.0. The minimum atomic E-state index is -3.33. The fraction of sp³-hybridized carbons (Fsp3) is 0.500. The molecule has 0 bridgehead atoms. The van der Waals surface area contributed by atoms with Gasteiger partial charge in [-0.05, 0) is 72.1 Å². The van der Waals surface area contributed by atoms with Crippen LogP contribution in [-0.4, -0.2) is 67.5 Å². The molecule has 0 aliphatic rings. The summed E-state index contributed by atoms with van der Waals surface area (Å²) in [4.78, 5) is 1.90. The summed E-state index contributed by atoms with van der Waals surface area (Å²) in [7, 11) is 0.411. The van der Waals surface area contributed by atoms with Crippen molar-refractivity contribution in [3.8, 4) is 0 Å². The Morgan fingerprint density at radius 1 is 1.33 bits per heavy atom. The van der Waals surface area contributed by atoms with Gasteiger partial charge in [0.1, 0.15) is 17.2 Å². The molecular weight excluding hydrogens is 481 g/mol. The number of nitrogens with one attached hydrogen (secondary N) is 1. The van der Waals surface area contributed by atoms with Crippen LogP contribution in [-0.2, 0) is 22.9 Å². The molecule has 0 spiro atoms. The molecular formula is C18H25BrFN5O4S. The van der Waals surface area contributed by atoms with E-state index in [9.17, 15) is 18.0 Å².